The van der Waals surface area contributed by atoms with Gasteiger partial charge >= 0.3 is 12.1 Å². The number of rotatable bonds is 4. The van der Waals surface area contributed by atoms with Gasteiger partial charge in [-0.2, -0.15) is 0 Å². The van der Waals surface area contributed by atoms with Gasteiger partial charge in [-0.1, -0.05) is 48.5 Å². The predicted molar refractivity (Wildman–Crippen MR) is 103 cm³/mol. The first-order valence-corrected chi connectivity index (χ1v) is 9.06. The Morgan fingerprint density at radius 1 is 1.00 bits per heavy atom. The lowest BCUT2D eigenvalue weighted by atomic mass is 10.1. The van der Waals surface area contributed by atoms with Gasteiger partial charge in [-0.15, -0.1) is 0 Å². The van der Waals surface area contributed by atoms with Crippen LogP contribution in [0.4, 0.5) is 4.79 Å². The van der Waals surface area contributed by atoms with E-state index in [2.05, 4.69) is 6.08 Å². The van der Waals surface area contributed by atoms with Gasteiger partial charge in [-0.3, -0.25) is 4.90 Å². The number of carbonyl (C=O) groups is 2. The molecule has 0 N–H and O–H groups in total. The molecule has 0 bridgehead atoms. The minimum Gasteiger partial charge on any atom is -0.465 e. The van der Waals surface area contributed by atoms with Crippen molar-refractivity contribution < 1.29 is 19.1 Å². The molecule has 140 valence electrons. The van der Waals surface area contributed by atoms with E-state index in [4.69, 9.17) is 9.47 Å². The smallest absolute Gasteiger partial charge is 0.414 e. The minimum absolute atomic E-state index is 0.241. The first-order valence-electron chi connectivity index (χ1n) is 9.06. The Morgan fingerprint density at radius 3 is 2.44 bits per heavy atom. The molecule has 0 saturated heterocycles. The molecule has 0 unspecified atom stereocenters. The lowest BCUT2D eigenvalue weighted by molar-refractivity contribution is 0.0600. The molecule has 0 aromatic heterocycles. The molecule has 1 aliphatic rings. The summed E-state index contributed by atoms with van der Waals surface area (Å²) in [6.45, 7) is 0.850. The molecular formula is C22H23NO4. The van der Waals surface area contributed by atoms with Crippen molar-refractivity contribution in [2.24, 2.45) is 0 Å². The van der Waals surface area contributed by atoms with Crippen LogP contribution in [0.15, 0.2) is 60.7 Å². The second-order valence-corrected chi connectivity index (χ2v) is 6.35. The summed E-state index contributed by atoms with van der Waals surface area (Å²) in [6.07, 6.45) is 4.54. The average molecular weight is 365 g/mol. The summed E-state index contributed by atoms with van der Waals surface area (Å²) < 4.78 is 10.3. The van der Waals surface area contributed by atoms with Crippen molar-refractivity contribution >= 4 is 17.8 Å². The third-order valence-electron chi connectivity index (χ3n) is 4.49. The Hall–Kier alpha value is -3.08. The first-order chi connectivity index (χ1) is 13.2. The zero-order valence-corrected chi connectivity index (χ0v) is 15.4. The fourth-order valence-corrected chi connectivity index (χ4v) is 3.04. The highest BCUT2D eigenvalue weighted by molar-refractivity contribution is 5.90. The van der Waals surface area contributed by atoms with Crippen LogP contribution in [-0.4, -0.2) is 30.6 Å². The maximum absolute atomic E-state index is 12.7. The maximum atomic E-state index is 12.7. The summed E-state index contributed by atoms with van der Waals surface area (Å²) in [5.74, 6) is -0.379. The van der Waals surface area contributed by atoms with Crippen LogP contribution in [0.3, 0.4) is 0 Å². The molecule has 0 fully saturated rings. The zero-order chi connectivity index (χ0) is 19.1. The largest absolute Gasteiger partial charge is 0.465 e. The molecule has 0 aliphatic carbocycles. The molecule has 2 aromatic carbocycles. The van der Waals surface area contributed by atoms with Crippen molar-refractivity contribution in [3.8, 4) is 0 Å². The van der Waals surface area contributed by atoms with E-state index in [1.54, 1.807) is 17.0 Å². The molecule has 1 amide bonds. The molecule has 5 heteroatoms. The number of amides is 1. The summed E-state index contributed by atoms with van der Waals surface area (Å²) in [4.78, 5) is 26.0. The molecule has 27 heavy (non-hydrogen) atoms. The Balaban J connectivity index is 1.76. The van der Waals surface area contributed by atoms with Crippen molar-refractivity contribution in [1.29, 1.82) is 0 Å². The first kappa shape index (κ1) is 18.7. The number of esters is 1. The van der Waals surface area contributed by atoms with Crippen molar-refractivity contribution in [1.82, 2.24) is 4.90 Å². The van der Waals surface area contributed by atoms with E-state index >= 15 is 0 Å². The summed E-state index contributed by atoms with van der Waals surface area (Å²) in [7, 11) is 1.36. The van der Waals surface area contributed by atoms with Crippen LogP contribution >= 0.6 is 0 Å². The van der Waals surface area contributed by atoms with E-state index in [9.17, 15) is 9.59 Å². The van der Waals surface area contributed by atoms with Gasteiger partial charge in [0.1, 0.15) is 6.61 Å². The maximum Gasteiger partial charge on any atom is 0.414 e. The number of hydrogen-bond donors (Lipinski definition) is 0. The fraction of sp³-hybridized carbons (Fsp3) is 0.273. The van der Waals surface area contributed by atoms with Crippen LogP contribution in [0, 0.1) is 0 Å². The second kappa shape index (κ2) is 9.03. The highest BCUT2D eigenvalue weighted by Crippen LogP contribution is 2.26. The molecule has 0 radical (unpaired) electrons. The Morgan fingerprint density at radius 2 is 1.74 bits per heavy atom. The standard InChI is InChI=1S/C22H23NO4/c1-26-21(24)19-13-11-18(12-14-19)20-10-6-3-7-15-23(20)22(25)27-16-17-8-4-2-5-9-17/h2,4-5,8-14H,3,6-7,15-16H2,1H3. The van der Waals surface area contributed by atoms with E-state index in [-0.39, 0.29) is 18.7 Å². The number of hydrogen-bond acceptors (Lipinski definition) is 4. The summed E-state index contributed by atoms with van der Waals surface area (Å²) in [6, 6.07) is 16.7. The minimum atomic E-state index is -0.379. The molecule has 1 heterocycles. The van der Waals surface area contributed by atoms with Gasteiger partial charge in [0.25, 0.3) is 0 Å². The van der Waals surface area contributed by atoms with Gasteiger partial charge in [0, 0.05) is 6.54 Å². The third kappa shape index (κ3) is 4.76. The van der Waals surface area contributed by atoms with Crippen LogP contribution in [0.1, 0.15) is 40.7 Å². The van der Waals surface area contributed by atoms with Gasteiger partial charge in [0.05, 0.1) is 18.4 Å². The lowest BCUT2D eigenvalue weighted by Crippen LogP contribution is -2.30. The van der Waals surface area contributed by atoms with Crippen LogP contribution in [-0.2, 0) is 16.1 Å². The Bertz CT molecular complexity index is 812. The van der Waals surface area contributed by atoms with Crippen molar-refractivity contribution in [2.75, 3.05) is 13.7 Å². The van der Waals surface area contributed by atoms with E-state index in [1.807, 2.05) is 42.5 Å². The number of nitrogens with zero attached hydrogens (tertiary/aromatic N) is 1. The molecule has 1 aliphatic heterocycles. The number of methoxy groups -OCH3 is 1. The van der Waals surface area contributed by atoms with Crippen molar-refractivity contribution in [3.63, 3.8) is 0 Å². The number of carbonyl (C=O) groups excluding carboxylic acids is 2. The van der Waals surface area contributed by atoms with E-state index in [1.165, 1.54) is 7.11 Å². The molecule has 2 aromatic rings. The quantitative estimate of drug-likeness (QED) is 0.741. The van der Waals surface area contributed by atoms with Gasteiger partial charge in [-0.05, 0) is 42.5 Å². The number of allylic oxidation sites excluding steroid dienone is 1. The molecule has 0 saturated carbocycles. The highest BCUT2D eigenvalue weighted by Gasteiger charge is 2.22. The van der Waals surface area contributed by atoms with Crippen molar-refractivity contribution in [3.05, 3.63) is 77.4 Å². The van der Waals surface area contributed by atoms with E-state index in [0.717, 1.165) is 36.1 Å². The molecule has 5 nitrogen and oxygen atoms in total. The van der Waals surface area contributed by atoms with Gasteiger partial charge in [0.15, 0.2) is 0 Å². The van der Waals surface area contributed by atoms with Crippen LogP contribution < -0.4 is 0 Å². The number of ether oxygens (including phenoxy) is 2. The SMILES string of the molecule is COC(=O)c1ccc(C2=CCCCCN2C(=O)OCc2ccccc2)cc1. The molecule has 3 rings (SSSR count). The fourth-order valence-electron chi connectivity index (χ4n) is 3.04. The predicted octanol–water partition coefficient (Wildman–Crippen LogP) is 4.64. The Kier molecular flexibility index (Phi) is 6.26. The lowest BCUT2D eigenvalue weighted by Gasteiger charge is -2.24. The third-order valence-corrected chi connectivity index (χ3v) is 4.49. The Labute approximate surface area is 159 Å². The van der Waals surface area contributed by atoms with E-state index in [0.29, 0.717) is 12.1 Å². The van der Waals surface area contributed by atoms with Crippen LogP contribution in [0.25, 0.3) is 5.70 Å². The summed E-state index contributed by atoms with van der Waals surface area (Å²) >= 11 is 0. The van der Waals surface area contributed by atoms with Gasteiger partial charge in [-0.25, -0.2) is 9.59 Å². The van der Waals surface area contributed by atoms with E-state index < -0.39 is 0 Å². The monoisotopic (exact) mass is 365 g/mol. The zero-order valence-electron chi connectivity index (χ0n) is 15.4. The molecular weight excluding hydrogens is 342 g/mol. The normalized spacial score (nSPS) is 14.1. The van der Waals surface area contributed by atoms with Gasteiger partial charge < -0.3 is 9.47 Å². The average Bonchev–Trinajstić information content (AvgIpc) is 2.98. The van der Waals surface area contributed by atoms with Gasteiger partial charge in [0.2, 0.25) is 0 Å². The summed E-state index contributed by atoms with van der Waals surface area (Å²) in [5.41, 5.74) is 3.13. The van der Waals surface area contributed by atoms with Crippen LogP contribution in [0.2, 0.25) is 0 Å². The van der Waals surface area contributed by atoms with Crippen LogP contribution in [0.5, 0.6) is 0 Å². The molecule has 0 spiro atoms. The molecule has 0 atom stereocenters. The summed E-state index contributed by atoms with van der Waals surface area (Å²) in [5, 5.41) is 0. The highest BCUT2D eigenvalue weighted by atomic mass is 16.6. The van der Waals surface area contributed by atoms with Crippen molar-refractivity contribution in [2.45, 2.75) is 25.9 Å². The topological polar surface area (TPSA) is 55.8 Å². The number of benzene rings is 2. The second-order valence-electron chi connectivity index (χ2n) is 6.35.